The number of ether oxygens (including phenoxy) is 2. The van der Waals surface area contributed by atoms with Gasteiger partial charge in [-0.15, -0.1) is 0 Å². The van der Waals surface area contributed by atoms with Gasteiger partial charge in [-0.1, -0.05) is 0 Å². The zero-order valence-corrected chi connectivity index (χ0v) is 12.3. The number of benzene rings is 2. The number of nitrogens with one attached hydrogen (secondary N) is 1. The third-order valence-corrected chi connectivity index (χ3v) is 3.89. The number of H-pyrrole nitrogens is 1. The van der Waals surface area contributed by atoms with Crippen LogP contribution < -0.4 is 20.9 Å². The maximum Gasteiger partial charge on any atom is 0.333 e. The molecule has 3 N–H and O–H groups in total. The van der Waals surface area contributed by atoms with Gasteiger partial charge in [-0.25, -0.2) is 9.36 Å². The normalized spacial score (nSPS) is 12.7. The molecule has 0 fully saturated rings. The second kappa shape index (κ2) is 4.64. The third kappa shape index (κ3) is 1.97. The van der Waals surface area contributed by atoms with E-state index in [4.69, 9.17) is 15.2 Å². The highest BCUT2D eigenvalue weighted by molar-refractivity contribution is 6.02. The van der Waals surface area contributed by atoms with Crippen molar-refractivity contribution >= 4 is 22.6 Å². The lowest BCUT2D eigenvalue weighted by Gasteiger charge is -2.05. The smallest absolute Gasteiger partial charge is 0.333 e. The molecule has 7 nitrogen and oxygen atoms in total. The van der Waals surface area contributed by atoms with Gasteiger partial charge in [0.1, 0.15) is 0 Å². The fraction of sp³-hybridized carbons (Fsp3) is 0.125. The van der Waals surface area contributed by atoms with E-state index in [1.807, 2.05) is 6.92 Å². The molecule has 0 unspecified atom stereocenters. The molecule has 0 saturated carbocycles. The van der Waals surface area contributed by atoms with Gasteiger partial charge < -0.3 is 20.2 Å². The van der Waals surface area contributed by atoms with E-state index in [0.717, 1.165) is 10.1 Å². The van der Waals surface area contributed by atoms with Crippen molar-refractivity contribution in [3.63, 3.8) is 0 Å². The van der Waals surface area contributed by atoms with Gasteiger partial charge in [0.15, 0.2) is 11.5 Å². The van der Waals surface area contributed by atoms with E-state index in [1.165, 1.54) is 0 Å². The predicted octanol–water partition coefficient (Wildman–Crippen LogP) is 1.64. The molecule has 23 heavy (non-hydrogen) atoms. The van der Waals surface area contributed by atoms with Gasteiger partial charge >= 0.3 is 5.69 Å². The van der Waals surface area contributed by atoms with Crippen molar-refractivity contribution in [1.29, 1.82) is 0 Å². The molecule has 0 amide bonds. The van der Waals surface area contributed by atoms with Gasteiger partial charge in [0.05, 0.1) is 11.0 Å². The summed E-state index contributed by atoms with van der Waals surface area (Å²) < 4.78 is 11.6. The third-order valence-electron chi connectivity index (χ3n) is 3.89. The number of aryl methyl sites for hydroxylation is 1. The van der Waals surface area contributed by atoms with E-state index in [-0.39, 0.29) is 6.79 Å². The summed E-state index contributed by atoms with van der Waals surface area (Å²) in [5.74, 6) is 0.606. The molecule has 1 aromatic heterocycles. The summed E-state index contributed by atoms with van der Waals surface area (Å²) in [6.45, 7) is 1.96. The molecule has 116 valence electrons. The van der Waals surface area contributed by atoms with Gasteiger partial charge in [0.2, 0.25) is 6.79 Å². The Balaban J connectivity index is 1.88. The topological polar surface area (TPSA) is 99.3 Å². The van der Waals surface area contributed by atoms with Gasteiger partial charge in [0, 0.05) is 11.3 Å². The Morgan fingerprint density at radius 1 is 1.22 bits per heavy atom. The summed E-state index contributed by atoms with van der Waals surface area (Å²) >= 11 is 0. The van der Waals surface area contributed by atoms with Crippen molar-refractivity contribution < 1.29 is 14.3 Å². The molecule has 7 heteroatoms. The minimum atomic E-state index is -0.507. The van der Waals surface area contributed by atoms with Crippen LogP contribution in [0.5, 0.6) is 11.5 Å². The van der Waals surface area contributed by atoms with E-state index in [1.54, 1.807) is 30.3 Å². The number of fused-ring (bicyclic) bond motifs is 2. The van der Waals surface area contributed by atoms with Crippen LogP contribution in [0, 0.1) is 6.92 Å². The summed E-state index contributed by atoms with van der Waals surface area (Å²) in [6, 6.07) is 8.17. The lowest BCUT2D eigenvalue weighted by Crippen LogP contribution is -2.24. The van der Waals surface area contributed by atoms with Crippen LogP contribution in [0.4, 0.5) is 5.69 Å². The van der Waals surface area contributed by atoms with Crippen LogP contribution in [0.25, 0.3) is 11.0 Å². The number of aromatic amines is 1. The van der Waals surface area contributed by atoms with Crippen LogP contribution in [-0.4, -0.2) is 22.3 Å². The van der Waals surface area contributed by atoms with E-state index < -0.39 is 11.6 Å². The van der Waals surface area contributed by atoms with E-state index in [2.05, 4.69) is 4.98 Å². The van der Waals surface area contributed by atoms with Crippen molar-refractivity contribution in [1.82, 2.24) is 9.55 Å². The van der Waals surface area contributed by atoms with E-state index in [0.29, 0.717) is 33.8 Å². The lowest BCUT2D eigenvalue weighted by molar-refractivity contribution is 0.0960. The van der Waals surface area contributed by atoms with Crippen molar-refractivity contribution in [2.75, 3.05) is 12.5 Å². The van der Waals surface area contributed by atoms with Crippen LogP contribution in [-0.2, 0) is 0 Å². The van der Waals surface area contributed by atoms with Crippen LogP contribution in [0.15, 0.2) is 35.1 Å². The molecule has 0 spiro atoms. The summed E-state index contributed by atoms with van der Waals surface area (Å²) in [6.07, 6.45) is 0. The molecular formula is C16H13N3O4. The van der Waals surface area contributed by atoms with E-state index in [9.17, 15) is 9.59 Å². The fourth-order valence-corrected chi connectivity index (χ4v) is 2.64. The molecular weight excluding hydrogens is 298 g/mol. The molecule has 4 rings (SSSR count). The summed E-state index contributed by atoms with van der Waals surface area (Å²) in [7, 11) is 0. The largest absolute Gasteiger partial charge is 0.454 e. The molecule has 1 aliphatic heterocycles. The lowest BCUT2D eigenvalue weighted by atomic mass is 10.1. The number of nitrogens with two attached hydrogens (primary N) is 1. The Morgan fingerprint density at radius 3 is 2.83 bits per heavy atom. The number of hydrogen-bond acceptors (Lipinski definition) is 5. The Bertz CT molecular complexity index is 1020. The monoisotopic (exact) mass is 311 g/mol. The molecule has 2 heterocycles. The highest BCUT2D eigenvalue weighted by atomic mass is 16.7. The van der Waals surface area contributed by atoms with Gasteiger partial charge in [0.25, 0.3) is 5.91 Å². The first kappa shape index (κ1) is 13.4. The minimum absolute atomic E-state index is 0.121. The molecule has 3 aromatic rings. The SMILES string of the molecule is Cc1cc2[nH]c(=O)n(C(=O)c3ccc4c(c3)OCO4)c2cc1N. The zero-order chi connectivity index (χ0) is 16.1. The summed E-state index contributed by atoms with van der Waals surface area (Å²) in [5.41, 5.74) is 8.09. The number of anilines is 1. The van der Waals surface area contributed by atoms with Crippen molar-refractivity contribution in [3.8, 4) is 11.5 Å². The fourth-order valence-electron chi connectivity index (χ4n) is 2.64. The van der Waals surface area contributed by atoms with Crippen LogP contribution in [0.2, 0.25) is 0 Å². The standard InChI is InChI=1S/C16H13N3O4/c1-8-4-11-12(6-10(8)17)19(16(21)18-11)15(20)9-2-3-13-14(5-9)23-7-22-13/h2-6H,7,17H2,1H3,(H,18,21). The summed E-state index contributed by atoms with van der Waals surface area (Å²) in [4.78, 5) is 27.6. The molecule has 0 atom stereocenters. The number of nitrogen functional groups attached to an aromatic ring is 1. The molecule has 0 bridgehead atoms. The zero-order valence-electron chi connectivity index (χ0n) is 12.3. The van der Waals surface area contributed by atoms with Gasteiger partial charge in [-0.3, -0.25) is 4.79 Å². The first-order valence-corrected chi connectivity index (χ1v) is 7.00. The number of nitrogens with zero attached hydrogens (tertiary/aromatic N) is 1. The van der Waals surface area contributed by atoms with Crippen LogP contribution in [0.1, 0.15) is 15.9 Å². The van der Waals surface area contributed by atoms with E-state index >= 15 is 0 Å². The Morgan fingerprint density at radius 2 is 2.00 bits per heavy atom. The van der Waals surface area contributed by atoms with Gasteiger partial charge in [-0.05, 0) is 42.8 Å². The van der Waals surface area contributed by atoms with Crippen molar-refractivity contribution in [2.24, 2.45) is 0 Å². The Hall–Kier alpha value is -3.22. The second-order valence-electron chi connectivity index (χ2n) is 5.36. The quantitative estimate of drug-likeness (QED) is 0.666. The Labute approximate surface area is 130 Å². The summed E-state index contributed by atoms with van der Waals surface area (Å²) in [5, 5.41) is 0. The molecule has 1 aliphatic rings. The van der Waals surface area contributed by atoms with Crippen LogP contribution >= 0.6 is 0 Å². The van der Waals surface area contributed by atoms with Gasteiger partial charge in [-0.2, -0.15) is 0 Å². The number of carbonyl (C=O) groups excluding carboxylic acids is 1. The predicted molar refractivity (Wildman–Crippen MR) is 84.0 cm³/mol. The minimum Gasteiger partial charge on any atom is -0.454 e. The number of imidazole rings is 1. The number of hydrogen-bond donors (Lipinski definition) is 2. The average Bonchev–Trinajstić information content (AvgIpc) is 3.10. The molecule has 2 aromatic carbocycles. The second-order valence-corrected chi connectivity index (χ2v) is 5.36. The number of carbonyl (C=O) groups is 1. The maximum absolute atomic E-state index is 12.7. The Kier molecular flexibility index (Phi) is 2.71. The molecule has 0 radical (unpaired) electrons. The highest BCUT2D eigenvalue weighted by Gasteiger charge is 2.20. The first-order chi connectivity index (χ1) is 11.0. The number of rotatable bonds is 1. The van der Waals surface area contributed by atoms with Crippen molar-refractivity contribution in [3.05, 3.63) is 51.9 Å². The average molecular weight is 311 g/mol. The molecule has 0 saturated heterocycles. The van der Waals surface area contributed by atoms with Crippen LogP contribution in [0.3, 0.4) is 0 Å². The van der Waals surface area contributed by atoms with Crippen molar-refractivity contribution in [2.45, 2.75) is 6.92 Å². The number of aromatic nitrogens is 2. The highest BCUT2D eigenvalue weighted by Crippen LogP contribution is 2.32. The maximum atomic E-state index is 12.7. The first-order valence-electron chi connectivity index (χ1n) is 7.00. The molecule has 0 aliphatic carbocycles.